The Kier molecular flexibility index (Phi) is 4.07. The molecule has 1 rings (SSSR count). The molecule has 0 aromatic rings. The molecule has 12 heavy (non-hydrogen) atoms. The Bertz CT molecular complexity index is 116. The van der Waals surface area contributed by atoms with Gasteiger partial charge in [0.15, 0.2) is 0 Å². The molecule has 0 aromatic heterocycles. The molecule has 0 spiro atoms. The second-order valence-electron chi connectivity index (χ2n) is 4.66. The van der Waals surface area contributed by atoms with Crippen LogP contribution in [0.3, 0.4) is 0 Å². The first-order valence-corrected chi connectivity index (χ1v) is 5.41. The van der Waals surface area contributed by atoms with Crippen LogP contribution < -0.4 is 5.32 Å². The van der Waals surface area contributed by atoms with Gasteiger partial charge in [0.2, 0.25) is 0 Å². The van der Waals surface area contributed by atoms with Gasteiger partial charge in [0.05, 0.1) is 0 Å². The molecule has 1 saturated carbocycles. The van der Waals surface area contributed by atoms with Crippen molar-refractivity contribution < 1.29 is 0 Å². The van der Waals surface area contributed by atoms with E-state index in [4.69, 9.17) is 0 Å². The van der Waals surface area contributed by atoms with Crippen molar-refractivity contribution in [3.8, 4) is 0 Å². The van der Waals surface area contributed by atoms with E-state index in [-0.39, 0.29) is 0 Å². The third-order valence-electron chi connectivity index (χ3n) is 3.03. The van der Waals surface area contributed by atoms with Gasteiger partial charge in [0.25, 0.3) is 0 Å². The largest absolute Gasteiger partial charge is 0.316 e. The molecule has 1 N–H and O–H groups in total. The summed E-state index contributed by atoms with van der Waals surface area (Å²) in [6, 6.07) is 0. The fourth-order valence-electron chi connectivity index (χ4n) is 1.28. The summed E-state index contributed by atoms with van der Waals surface area (Å²) in [5.41, 5.74) is 0. The first-order chi connectivity index (χ1) is 5.70. The summed E-state index contributed by atoms with van der Waals surface area (Å²) < 4.78 is 0. The van der Waals surface area contributed by atoms with E-state index >= 15 is 0 Å². The minimum atomic E-state index is 0.818. The van der Waals surface area contributed by atoms with Crippen LogP contribution in [0.5, 0.6) is 0 Å². The molecule has 0 heterocycles. The summed E-state index contributed by atoms with van der Waals surface area (Å²) >= 11 is 0. The topological polar surface area (TPSA) is 12.0 Å². The number of nitrogens with one attached hydrogen (secondary N) is 1. The van der Waals surface area contributed by atoms with Gasteiger partial charge in [-0.1, -0.05) is 33.6 Å². The van der Waals surface area contributed by atoms with E-state index < -0.39 is 0 Å². The smallest absolute Gasteiger partial charge is 0.00207 e. The summed E-state index contributed by atoms with van der Waals surface area (Å²) in [4.78, 5) is 0. The Balaban J connectivity index is 1.86. The Morgan fingerprint density at radius 3 is 2.42 bits per heavy atom. The van der Waals surface area contributed by atoms with Crippen LogP contribution >= 0.6 is 0 Å². The average Bonchev–Trinajstić information content (AvgIpc) is 2.80. The fraction of sp³-hybridized carbons (Fsp3) is 1.00. The van der Waals surface area contributed by atoms with Gasteiger partial charge in [-0.05, 0) is 37.3 Å². The molecule has 0 radical (unpaired) electrons. The van der Waals surface area contributed by atoms with Crippen LogP contribution in [0.4, 0.5) is 0 Å². The van der Waals surface area contributed by atoms with Crippen molar-refractivity contribution in [2.45, 2.75) is 40.0 Å². The van der Waals surface area contributed by atoms with Gasteiger partial charge >= 0.3 is 0 Å². The molecular weight excluding hydrogens is 146 g/mol. The minimum absolute atomic E-state index is 0.818. The van der Waals surface area contributed by atoms with Crippen molar-refractivity contribution in [1.29, 1.82) is 0 Å². The summed E-state index contributed by atoms with van der Waals surface area (Å²) in [6.45, 7) is 9.36. The maximum atomic E-state index is 3.54. The second kappa shape index (κ2) is 4.86. The monoisotopic (exact) mass is 169 g/mol. The summed E-state index contributed by atoms with van der Waals surface area (Å²) in [6.07, 6.45) is 4.38. The number of hydrogen-bond acceptors (Lipinski definition) is 1. The number of rotatable bonds is 6. The van der Waals surface area contributed by atoms with Crippen molar-refractivity contribution in [2.24, 2.45) is 17.8 Å². The molecule has 0 saturated heterocycles. The predicted octanol–water partition coefficient (Wildman–Crippen LogP) is 2.67. The van der Waals surface area contributed by atoms with Crippen molar-refractivity contribution in [2.75, 3.05) is 13.1 Å². The quantitative estimate of drug-likeness (QED) is 0.603. The van der Waals surface area contributed by atoms with E-state index in [9.17, 15) is 0 Å². The second-order valence-corrected chi connectivity index (χ2v) is 4.66. The van der Waals surface area contributed by atoms with Crippen molar-refractivity contribution in [1.82, 2.24) is 5.32 Å². The average molecular weight is 169 g/mol. The first kappa shape index (κ1) is 10.0. The lowest BCUT2D eigenvalue weighted by molar-refractivity contribution is 0.390. The van der Waals surface area contributed by atoms with Crippen LogP contribution in [-0.4, -0.2) is 13.1 Å². The third kappa shape index (κ3) is 4.10. The third-order valence-corrected chi connectivity index (χ3v) is 3.03. The Morgan fingerprint density at radius 2 is 1.92 bits per heavy atom. The van der Waals surface area contributed by atoms with Crippen LogP contribution in [0.25, 0.3) is 0 Å². The molecule has 1 fully saturated rings. The molecule has 1 unspecified atom stereocenters. The van der Waals surface area contributed by atoms with Crippen LogP contribution in [0.2, 0.25) is 0 Å². The summed E-state index contributed by atoms with van der Waals surface area (Å²) in [5, 5.41) is 3.54. The highest BCUT2D eigenvalue weighted by molar-refractivity contribution is 4.74. The highest BCUT2D eigenvalue weighted by Gasteiger charge is 2.20. The van der Waals surface area contributed by atoms with Gasteiger partial charge in [-0.3, -0.25) is 0 Å². The maximum Gasteiger partial charge on any atom is -0.00207 e. The molecule has 1 atom stereocenters. The van der Waals surface area contributed by atoms with E-state index in [0.29, 0.717) is 0 Å². The van der Waals surface area contributed by atoms with Crippen LogP contribution in [-0.2, 0) is 0 Å². The van der Waals surface area contributed by atoms with Crippen molar-refractivity contribution in [3.05, 3.63) is 0 Å². The molecule has 1 nitrogen and oxygen atoms in total. The van der Waals surface area contributed by atoms with Gasteiger partial charge in [-0.25, -0.2) is 0 Å². The lowest BCUT2D eigenvalue weighted by Crippen LogP contribution is -2.25. The van der Waals surface area contributed by atoms with Crippen LogP contribution in [0.1, 0.15) is 40.0 Å². The van der Waals surface area contributed by atoms with E-state index in [1.54, 1.807) is 0 Å². The van der Waals surface area contributed by atoms with E-state index in [0.717, 1.165) is 17.8 Å². The fourth-order valence-corrected chi connectivity index (χ4v) is 1.28. The normalized spacial score (nSPS) is 20.0. The predicted molar refractivity (Wildman–Crippen MR) is 54.2 cm³/mol. The van der Waals surface area contributed by atoms with Gasteiger partial charge in [-0.15, -0.1) is 0 Å². The Hall–Kier alpha value is -0.0400. The number of hydrogen-bond donors (Lipinski definition) is 1. The highest BCUT2D eigenvalue weighted by atomic mass is 14.9. The first-order valence-electron chi connectivity index (χ1n) is 5.41. The Labute approximate surface area is 76.9 Å². The molecule has 1 heteroatoms. The van der Waals surface area contributed by atoms with E-state index in [1.165, 1.54) is 32.4 Å². The molecule has 0 aliphatic heterocycles. The molecule has 72 valence electrons. The minimum Gasteiger partial charge on any atom is -0.316 e. The molecule has 1 aliphatic rings. The Morgan fingerprint density at radius 1 is 1.25 bits per heavy atom. The highest BCUT2D eigenvalue weighted by Crippen LogP contribution is 2.31. The zero-order valence-electron chi connectivity index (χ0n) is 8.77. The summed E-state index contributed by atoms with van der Waals surface area (Å²) in [5.74, 6) is 2.72. The molecular formula is C11H23N. The van der Waals surface area contributed by atoms with Gasteiger partial charge in [0.1, 0.15) is 0 Å². The van der Waals surface area contributed by atoms with E-state index in [2.05, 4.69) is 26.1 Å². The van der Waals surface area contributed by atoms with Gasteiger partial charge < -0.3 is 5.32 Å². The van der Waals surface area contributed by atoms with Crippen molar-refractivity contribution in [3.63, 3.8) is 0 Å². The molecule has 0 bridgehead atoms. The van der Waals surface area contributed by atoms with Gasteiger partial charge in [0, 0.05) is 0 Å². The lowest BCUT2D eigenvalue weighted by atomic mass is 9.98. The van der Waals surface area contributed by atoms with Crippen LogP contribution in [0, 0.1) is 17.8 Å². The zero-order chi connectivity index (χ0) is 8.97. The molecule has 0 aromatic carbocycles. The maximum absolute atomic E-state index is 3.54. The SMILES string of the molecule is CC(C)C(C)CNCCC1CC1. The van der Waals surface area contributed by atoms with Gasteiger partial charge in [-0.2, -0.15) is 0 Å². The summed E-state index contributed by atoms with van der Waals surface area (Å²) in [7, 11) is 0. The van der Waals surface area contributed by atoms with Crippen molar-refractivity contribution >= 4 is 0 Å². The molecule has 0 amide bonds. The zero-order valence-corrected chi connectivity index (χ0v) is 8.77. The van der Waals surface area contributed by atoms with E-state index in [1.807, 2.05) is 0 Å². The lowest BCUT2D eigenvalue weighted by Gasteiger charge is -2.15. The molecule has 1 aliphatic carbocycles. The standard InChI is InChI=1S/C11H23N/c1-9(2)10(3)8-12-7-6-11-4-5-11/h9-12H,4-8H2,1-3H3. The van der Waals surface area contributed by atoms with Crippen LogP contribution in [0.15, 0.2) is 0 Å².